The minimum Gasteiger partial charge on any atom is -0.508 e. The Morgan fingerprint density at radius 1 is 0.923 bits per heavy atom. The SMILES string of the molecule is C(OCC1CO1)C1CO1.CC(=Cc1ccc(O)cc1)c1ccc(O)cc1. The first kappa shape index (κ1) is 18.5. The van der Waals surface area contributed by atoms with Gasteiger partial charge in [0.2, 0.25) is 0 Å². The molecule has 2 aliphatic heterocycles. The zero-order valence-corrected chi connectivity index (χ0v) is 14.8. The number of epoxide rings is 2. The lowest BCUT2D eigenvalue weighted by Crippen LogP contribution is -2.06. The molecule has 2 fully saturated rings. The highest BCUT2D eigenvalue weighted by molar-refractivity contribution is 5.80. The Labute approximate surface area is 153 Å². The summed E-state index contributed by atoms with van der Waals surface area (Å²) in [5, 5.41) is 18.4. The third kappa shape index (κ3) is 6.52. The van der Waals surface area contributed by atoms with Gasteiger partial charge in [-0.05, 0) is 47.9 Å². The van der Waals surface area contributed by atoms with E-state index in [4.69, 9.17) is 14.2 Å². The second kappa shape index (κ2) is 8.85. The average Bonchev–Trinajstić information content (AvgIpc) is 3.54. The Kier molecular flexibility index (Phi) is 6.28. The lowest BCUT2D eigenvalue weighted by atomic mass is 10.0. The first-order valence-electron chi connectivity index (χ1n) is 8.68. The van der Waals surface area contributed by atoms with E-state index < -0.39 is 0 Å². The molecule has 2 aromatic carbocycles. The maximum Gasteiger partial charge on any atom is 0.115 e. The van der Waals surface area contributed by atoms with Gasteiger partial charge in [-0.2, -0.15) is 0 Å². The van der Waals surface area contributed by atoms with Crippen LogP contribution in [0.2, 0.25) is 0 Å². The van der Waals surface area contributed by atoms with E-state index in [-0.39, 0.29) is 11.5 Å². The van der Waals surface area contributed by atoms with E-state index in [0.29, 0.717) is 12.2 Å². The lowest BCUT2D eigenvalue weighted by molar-refractivity contribution is 0.102. The van der Waals surface area contributed by atoms with Crippen LogP contribution in [-0.2, 0) is 14.2 Å². The molecule has 0 bridgehead atoms. The van der Waals surface area contributed by atoms with Crippen molar-refractivity contribution in [3.63, 3.8) is 0 Å². The summed E-state index contributed by atoms with van der Waals surface area (Å²) in [7, 11) is 0. The molecule has 2 aromatic rings. The van der Waals surface area contributed by atoms with Crippen LogP contribution in [0.4, 0.5) is 0 Å². The molecule has 0 radical (unpaired) electrons. The van der Waals surface area contributed by atoms with Crippen molar-refractivity contribution in [2.75, 3.05) is 26.4 Å². The second-order valence-electron chi connectivity index (χ2n) is 6.41. The standard InChI is InChI=1S/C15H14O2.C6H10O3/c1-11(13-4-8-15(17)9-5-13)10-12-2-6-14(16)7-3-12;1(5-3-8-5)7-2-6-4-9-6/h2-10,16-17H,1H3;5-6H,1-4H2. The van der Waals surface area contributed by atoms with Gasteiger partial charge in [-0.1, -0.05) is 30.3 Å². The van der Waals surface area contributed by atoms with Crippen LogP contribution in [0.5, 0.6) is 11.5 Å². The third-order valence-corrected chi connectivity index (χ3v) is 4.01. The third-order valence-electron chi connectivity index (χ3n) is 4.01. The molecule has 0 spiro atoms. The van der Waals surface area contributed by atoms with Crippen molar-refractivity contribution in [3.05, 3.63) is 59.7 Å². The molecule has 2 heterocycles. The molecule has 0 amide bonds. The number of hydrogen-bond donors (Lipinski definition) is 2. The summed E-state index contributed by atoms with van der Waals surface area (Å²) >= 11 is 0. The normalized spacial score (nSPS) is 20.9. The Balaban J connectivity index is 0.000000181. The Morgan fingerprint density at radius 3 is 1.85 bits per heavy atom. The predicted octanol–water partition coefficient (Wildman–Crippen LogP) is 3.46. The van der Waals surface area contributed by atoms with Crippen LogP contribution >= 0.6 is 0 Å². The summed E-state index contributed by atoms with van der Waals surface area (Å²) in [5.74, 6) is 0.538. The Hall–Kier alpha value is -2.34. The molecule has 26 heavy (non-hydrogen) atoms. The number of benzene rings is 2. The molecule has 5 heteroatoms. The molecule has 2 unspecified atom stereocenters. The molecule has 4 rings (SSSR count). The molecule has 5 nitrogen and oxygen atoms in total. The van der Waals surface area contributed by atoms with Gasteiger partial charge in [0.05, 0.1) is 26.4 Å². The quantitative estimate of drug-likeness (QED) is 0.612. The second-order valence-corrected chi connectivity index (χ2v) is 6.41. The van der Waals surface area contributed by atoms with Gasteiger partial charge in [0.1, 0.15) is 23.7 Å². The number of hydrogen-bond acceptors (Lipinski definition) is 5. The van der Waals surface area contributed by atoms with E-state index >= 15 is 0 Å². The number of phenolic OH excluding ortho intramolecular Hbond substituents is 2. The van der Waals surface area contributed by atoms with Crippen LogP contribution in [0.15, 0.2) is 48.5 Å². The Bertz CT molecular complexity index is 701. The molecule has 0 aliphatic carbocycles. The summed E-state index contributed by atoms with van der Waals surface area (Å²) in [6.45, 7) is 5.27. The van der Waals surface area contributed by atoms with Gasteiger partial charge >= 0.3 is 0 Å². The molecular formula is C21H24O5. The van der Waals surface area contributed by atoms with E-state index in [2.05, 4.69) is 0 Å². The molecular weight excluding hydrogens is 332 g/mol. The predicted molar refractivity (Wildman–Crippen MR) is 100 cm³/mol. The number of allylic oxidation sites excluding steroid dienone is 1. The van der Waals surface area contributed by atoms with Gasteiger partial charge in [0, 0.05) is 0 Å². The highest BCUT2D eigenvalue weighted by Gasteiger charge is 2.26. The van der Waals surface area contributed by atoms with Crippen molar-refractivity contribution in [1.29, 1.82) is 0 Å². The van der Waals surface area contributed by atoms with Crippen molar-refractivity contribution in [2.45, 2.75) is 19.1 Å². The van der Waals surface area contributed by atoms with E-state index in [9.17, 15) is 10.2 Å². The van der Waals surface area contributed by atoms with Gasteiger partial charge in [0.25, 0.3) is 0 Å². The van der Waals surface area contributed by atoms with E-state index in [1.165, 1.54) is 0 Å². The molecule has 2 atom stereocenters. The van der Waals surface area contributed by atoms with Crippen LogP contribution in [0.1, 0.15) is 18.1 Å². The number of aromatic hydroxyl groups is 2. The zero-order chi connectivity index (χ0) is 18.4. The number of phenols is 2. The summed E-state index contributed by atoms with van der Waals surface area (Å²) < 4.78 is 15.1. The van der Waals surface area contributed by atoms with Crippen molar-refractivity contribution in [3.8, 4) is 11.5 Å². The minimum absolute atomic E-state index is 0.268. The smallest absolute Gasteiger partial charge is 0.115 e. The van der Waals surface area contributed by atoms with Crippen molar-refractivity contribution < 1.29 is 24.4 Å². The van der Waals surface area contributed by atoms with Gasteiger partial charge in [0.15, 0.2) is 0 Å². The van der Waals surface area contributed by atoms with Crippen LogP contribution in [0.25, 0.3) is 11.6 Å². The van der Waals surface area contributed by atoms with Gasteiger partial charge in [-0.15, -0.1) is 0 Å². The maximum atomic E-state index is 9.21. The Morgan fingerprint density at radius 2 is 1.38 bits per heavy atom. The van der Waals surface area contributed by atoms with Crippen molar-refractivity contribution in [2.24, 2.45) is 0 Å². The van der Waals surface area contributed by atoms with Crippen molar-refractivity contribution >= 4 is 11.6 Å². The fraction of sp³-hybridized carbons (Fsp3) is 0.333. The molecule has 2 N–H and O–H groups in total. The van der Waals surface area contributed by atoms with Gasteiger partial charge in [-0.3, -0.25) is 0 Å². The van der Waals surface area contributed by atoms with E-state index in [1.54, 1.807) is 24.3 Å². The van der Waals surface area contributed by atoms with Crippen LogP contribution in [0.3, 0.4) is 0 Å². The summed E-state index contributed by atoms with van der Waals surface area (Å²) in [5.41, 5.74) is 3.21. The molecule has 2 saturated heterocycles. The number of rotatable bonds is 6. The molecule has 2 aliphatic rings. The summed E-state index contributed by atoms with van der Waals surface area (Å²) in [6.07, 6.45) is 2.82. The fourth-order valence-corrected chi connectivity index (χ4v) is 2.29. The summed E-state index contributed by atoms with van der Waals surface area (Å²) in [4.78, 5) is 0. The maximum absolute atomic E-state index is 9.21. The highest BCUT2D eigenvalue weighted by Crippen LogP contribution is 2.21. The van der Waals surface area contributed by atoms with Gasteiger partial charge < -0.3 is 24.4 Å². The largest absolute Gasteiger partial charge is 0.508 e. The van der Waals surface area contributed by atoms with Crippen LogP contribution in [0, 0.1) is 0 Å². The monoisotopic (exact) mass is 356 g/mol. The number of ether oxygens (including phenoxy) is 3. The van der Waals surface area contributed by atoms with Crippen molar-refractivity contribution in [1.82, 2.24) is 0 Å². The van der Waals surface area contributed by atoms with Crippen LogP contribution in [-0.4, -0.2) is 48.8 Å². The van der Waals surface area contributed by atoms with Gasteiger partial charge in [-0.25, -0.2) is 0 Å². The fourth-order valence-electron chi connectivity index (χ4n) is 2.29. The first-order chi connectivity index (χ1) is 12.6. The van der Waals surface area contributed by atoms with E-state index in [1.807, 2.05) is 37.3 Å². The molecule has 138 valence electrons. The highest BCUT2D eigenvalue weighted by atomic mass is 16.6. The van der Waals surface area contributed by atoms with Crippen LogP contribution < -0.4 is 0 Å². The molecule has 0 aromatic heterocycles. The minimum atomic E-state index is 0.268. The average molecular weight is 356 g/mol. The summed E-state index contributed by atoms with van der Waals surface area (Å²) in [6, 6.07) is 14.1. The first-order valence-corrected chi connectivity index (χ1v) is 8.68. The lowest BCUT2D eigenvalue weighted by Gasteiger charge is -2.02. The topological polar surface area (TPSA) is 74.8 Å². The zero-order valence-electron chi connectivity index (χ0n) is 14.8. The molecule has 0 saturated carbocycles. The van der Waals surface area contributed by atoms with E-state index in [0.717, 1.165) is 43.1 Å².